The summed E-state index contributed by atoms with van der Waals surface area (Å²) in [6.45, 7) is 1.96. The van der Waals surface area contributed by atoms with E-state index in [1.54, 1.807) is 41.8 Å². The molecule has 0 saturated heterocycles. The smallest absolute Gasteiger partial charge is 0.255 e. The molecule has 0 radical (unpaired) electrons. The van der Waals surface area contributed by atoms with Crippen molar-refractivity contribution in [3.05, 3.63) is 58.6 Å². The van der Waals surface area contributed by atoms with Gasteiger partial charge in [-0.05, 0) is 43.3 Å². The number of hydrogen-bond acceptors (Lipinski definition) is 4. The van der Waals surface area contributed by atoms with Gasteiger partial charge in [0.15, 0.2) is 0 Å². The van der Waals surface area contributed by atoms with Crippen LogP contribution in [0.15, 0.2) is 42.6 Å². The van der Waals surface area contributed by atoms with E-state index in [2.05, 4.69) is 15.5 Å². The predicted molar refractivity (Wildman–Crippen MR) is 85.7 cm³/mol. The second kappa shape index (κ2) is 5.84. The Morgan fingerprint density at radius 1 is 1.32 bits per heavy atom. The summed E-state index contributed by atoms with van der Waals surface area (Å²) in [7, 11) is 0. The number of amides is 1. The number of thiophene rings is 1. The first-order valence-corrected chi connectivity index (χ1v) is 7.41. The first-order chi connectivity index (χ1) is 10.7. The van der Waals surface area contributed by atoms with Gasteiger partial charge in [-0.2, -0.15) is 10.4 Å². The number of carbonyl (C=O) groups is 1. The van der Waals surface area contributed by atoms with Gasteiger partial charge in [0.2, 0.25) is 0 Å². The summed E-state index contributed by atoms with van der Waals surface area (Å²) in [6.07, 6.45) is 1.69. The van der Waals surface area contributed by atoms with Gasteiger partial charge in [0.25, 0.3) is 5.91 Å². The van der Waals surface area contributed by atoms with Crippen molar-refractivity contribution in [1.82, 2.24) is 10.2 Å². The average molecular weight is 308 g/mol. The minimum absolute atomic E-state index is 0.193. The van der Waals surface area contributed by atoms with E-state index in [0.29, 0.717) is 11.1 Å². The number of nitrogens with one attached hydrogen (secondary N) is 2. The first kappa shape index (κ1) is 14.0. The highest BCUT2D eigenvalue weighted by molar-refractivity contribution is 7.16. The molecule has 3 rings (SSSR count). The number of aryl methyl sites for hydroxylation is 1. The van der Waals surface area contributed by atoms with Gasteiger partial charge in [-0.15, -0.1) is 11.3 Å². The van der Waals surface area contributed by atoms with E-state index in [1.165, 1.54) is 0 Å². The molecule has 22 heavy (non-hydrogen) atoms. The van der Waals surface area contributed by atoms with E-state index >= 15 is 0 Å². The molecule has 1 amide bonds. The summed E-state index contributed by atoms with van der Waals surface area (Å²) in [5.41, 5.74) is 2.76. The monoisotopic (exact) mass is 308 g/mol. The van der Waals surface area contributed by atoms with Crippen molar-refractivity contribution in [3.63, 3.8) is 0 Å². The summed E-state index contributed by atoms with van der Waals surface area (Å²) < 4.78 is 0. The van der Waals surface area contributed by atoms with E-state index in [0.717, 1.165) is 21.1 Å². The SMILES string of the molecule is Cc1sc(-c2ccn[nH]2)cc1NC(=O)c1ccc(C#N)cc1. The van der Waals surface area contributed by atoms with Gasteiger partial charge in [0, 0.05) is 16.6 Å². The average Bonchev–Trinajstić information content (AvgIpc) is 3.18. The summed E-state index contributed by atoms with van der Waals surface area (Å²) in [6, 6.07) is 12.4. The van der Waals surface area contributed by atoms with E-state index in [1.807, 2.05) is 25.1 Å². The number of aromatic nitrogens is 2. The van der Waals surface area contributed by atoms with E-state index in [4.69, 9.17) is 5.26 Å². The third-order valence-corrected chi connectivity index (χ3v) is 4.29. The lowest BCUT2D eigenvalue weighted by Gasteiger charge is -2.04. The Labute approximate surface area is 131 Å². The number of hydrogen-bond donors (Lipinski definition) is 2. The molecular weight excluding hydrogens is 296 g/mol. The number of nitrogens with zero attached hydrogens (tertiary/aromatic N) is 2. The zero-order chi connectivity index (χ0) is 15.5. The van der Waals surface area contributed by atoms with Crippen LogP contribution in [0.1, 0.15) is 20.8 Å². The number of anilines is 1. The van der Waals surface area contributed by atoms with Crippen LogP contribution in [0, 0.1) is 18.3 Å². The molecule has 5 nitrogen and oxygen atoms in total. The Bertz CT molecular complexity index is 841. The number of H-pyrrole nitrogens is 1. The molecule has 0 aliphatic carbocycles. The van der Waals surface area contributed by atoms with Crippen LogP contribution in [0.2, 0.25) is 0 Å². The maximum absolute atomic E-state index is 12.3. The fourth-order valence-electron chi connectivity index (χ4n) is 2.02. The van der Waals surface area contributed by atoms with Crippen molar-refractivity contribution < 1.29 is 4.79 Å². The second-order valence-corrected chi connectivity index (χ2v) is 5.95. The van der Waals surface area contributed by atoms with Crippen molar-refractivity contribution in [2.45, 2.75) is 6.92 Å². The van der Waals surface area contributed by atoms with Crippen LogP contribution < -0.4 is 5.32 Å². The molecule has 0 unspecified atom stereocenters. The zero-order valence-electron chi connectivity index (χ0n) is 11.8. The van der Waals surface area contributed by atoms with E-state index in [-0.39, 0.29) is 5.91 Å². The lowest BCUT2D eigenvalue weighted by Crippen LogP contribution is -2.11. The number of carbonyl (C=O) groups excluding carboxylic acids is 1. The van der Waals surface area contributed by atoms with Gasteiger partial charge < -0.3 is 5.32 Å². The Hall–Kier alpha value is -2.91. The number of nitriles is 1. The van der Waals surface area contributed by atoms with Crippen LogP contribution in [0.25, 0.3) is 10.6 Å². The second-order valence-electron chi connectivity index (χ2n) is 4.69. The Kier molecular flexibility index (Phi) is 3.73. The van der Waals surface area contributed by atoms with Crippen LogP contribution >= 0.6 is 11.3 Å². The quantitative estimate of drug-likeness (QED) is 0.776. The number of benzene rings is 1. The van der Waals surface area contributed by atoms with Gasteiger partial charge in [-0.1, -0.05) is 0 Å². The molecule has 0 atom stereocenters. The predicted octanol–water partition coefficient (Wildman–Crippen LogP) is 3.57. The van der Waals surface area contributed by atoms with Crippen LogP contribution in [0.4, 0.5) is 5.69 Å². The molecule has 0 aliphatic heterocycles. The van der Waals surface area contributed by atoms with Crippen LogP contribution in [-0.4, -0.2) is 16.1 Å². The molecule has 0 bridgehead atoms. The highest BCUT2D eigenvalue weighted by Gasteiger charge is 2.12. The van der Waals surface area contributed by atoms with Gasteiger partial charge in [0.1, 0.15) is 0 Å². The molecule has 3 aromatic rings. The first-order valence-electron chi connectivity index (χ1n) is 6.59. The topological polar surface area (TPSA) is 81.6 Å². The maximum atomic E-state index is 12.3. The van der Waals surface area contributed by atoms with Crippen molar-refractivity contribution in [2.75, 3.05) is 5.32 Å². The Morgan fingerprint density at radius 3 is 2.73 bits per heavy atom. The zero-order valence-corrected chi connectivity index (χ0v) is 12.6. The van der Waals surface area contributed by atoms with Crippen molar-refractivity contribution >= 4 is 22.9 Å². The molecular formula is C16H12N4OS. The van der Waals surface area contributed by atoms with Crippen molar-refractivity contribution in [2.24, 2.45) is 0 Å². The third kappa shape index (κ3) is 2.75. The molecule has 0 fully saturated rings. The van der Waals surface area contributed by atoms with E-state index < -0.39 is 0 Å². The van der Waals surface area contributed by atoms with Gasteiger partial charge in [-0.3, -0.25) is 9.89 Å². The maximum Gasteiger partial charge on any atom is 0.255 e. The van der Waals surface area contributed by atoms with Crippen LogP contribution in [-0.2, 0) is 0 Å². The Morgan fingerprint density at radius 2 is 2.09 bits per heavy atom. The third-order valence-electron chi connectivity index (χ3n) is 3.21. The standard InChI is InChI=1S/C16H12N4OS/c1-10-14(8-15(22-10)13-6-7-18-20-13)19-16(21)12-4-2-11(9-17)3-5-12/h2-8H,1H3,(H,18,20)(H,19,21). The minimum Gasteiger partial charge on any atom is -0.321 e. The van der Waals surface area contributed by atoms with E-state index in [9.17, 15) is 4.79 Å². The normalized spacial score (nSPS) is 10.2. The molecule has 6 heteroatoms. The molecule has 108 valence electrons. The fraction of sp³-hybridized carbons (Fsp3) is 0.0625. The molecule has 0 aliphatic rings. The minimum atomic E-state index is -0.193. The van der Waals surface area contributed by atoms with Gasteiger partial charge >= 0.3 is 0 Å². The largest absolute Gasteiger partial charge is 0.321 e. The molecule has 2 heterocycles. The molecule has 1 aromatic carbocycles. The number of rotatable bonds is 3. The lowest BCUT2D eigenvalue weighted by molar-refractivity contribution is 0.102. The summed E-state index contributed by atoms with van der Waals surface area (Å²) in [4.78, 5) is 14.3. The van der Waals surface area contributed by atoms with Crippen molar-refractivity contribution in [1.29, 1.82) is 5.26 Å². The summed E-state index contributed by atoms with van der Waals surface area (Å²) in [5, 5.41) is 18.5. The molecule has 0 spiro atoms. The Balaban J connectivity index is 1.80. The van der Waals surface area contributed by atoms with Crippen molar-refractivity contribution in [3.8, 4) is 16.6 Å². The summed E-state index contributed by atoms with van der Waals surface area (Å²) in [5.74, 6) is -0.193. The number of aromatic amines is 1. The van der Waals surface area contributed by atoms with Crippen LogP contribution in [0.3, 0.4) is 0 Å². The van der Waals surface area contributed by atoms with Crippen LogP contribution in [0.5, 0.6) is 0 Å². The lowest BCUT2D eigenvalue weighted by atomic mass is 10.1. The van der Waals surface area contributed by atoms with Gasteiger partial charge in [-0.25, -0.2) is 0 Å². The molecule has 2 aromatic heterocycles. The molecule has 0 saturated carbocycles. The fourth-order valence-corrected chi connectivity index (χ4v) is 2.97. The van der Waals surface area contributed by atoms with Gasteiger partial charge in [0.05, 0.1) is 27.9 Å². The highest BCUT2D eigenvalue weighted by atomic mass is 32.1. The molecule has 2 N–H and O–H groups in total. The summed E-state index contributed by atoms with van der Waals surface area (Å²) >= 11 is 1.59. The highest BCUT2D eigenvalue weighted by Crippen LogP contribution is 2.33.